The van der Waals surface area contributed by atoms with Crippen LogP contribution in [0.3, 0.4) is 0 Å². The molecule has 1 amide bonds. The number of benzene rings is 1. The lowest BCUT2D eigenvalue weighted by molar-refractivity contribution is 0.0963. The van der Waals surface area contributed by atoms with E-state index >= 15 is 0 Å². The molecule has 2 rings (SSSR count). The number of ether oxygens (including phenoxy) is 1. The monoisotopic (exact) mass is 369 g/mol. The first kappa shape index (κ1) is 19.9. The Kier molecular flexibility index (Phi) is 5.91. The second-order valence-electron chi connectivity index (χ2n) is 7.93. The Morgan fingerprint density at radius 2 is 2.08 bits per heavy atom. The minimum absolute atomic E-state index is 0.120. The Morgan fingerprint density at radius 1 is 1.40 bits per heavy atom. The van der Waals surface area contributed by atoms with Crippen molar-refractivity contribution >= 4 is 20.1 Å². The minimum atomic E-state index is -1.84. The molecule has 1 aromatic rings. The summed E-state index contributed by atoms with van der Waals surface area (Å²) < 4.78 is 25.5. The zero-order valence-electron chi connectivity index (χ0n) is 15.6. The molecule has 5 nitrogen and oxygen atoms in total. The van der Waals surface area contributed by atoms with Gasteiger partial charge in [0.05, 0.1) is 18.8 Å². The van der Waals surface area contributed by atoms with Crippen LogP contribution in [-0.2, 0) is 15.6 Å². The molecule has 0 aliphatic carbocycles. The molecule has 1 atom stereocenters. The van der Waals surface area contributed by atoms with Crippen LogP contribution in [0.5, 0.6) is 0 Å². The van der Waals surface area contributed by atoms with Gasteiger partial charge in [-0.3, -0.25) is 4.90 Å². The number of hydrogen-bond acceptors (Lipinski definition) is 4. The van der Waals surface area contributed by atoms with E-state index in [2.05, 4.69) is 33.9 Å². The van der Waals surface area contributed by atoms with Crippen molar-refractivity contribution in [3.8, 4) is 0 Å². The summed E-state index contributed by atoms with van der Waals surface area (Å²) in [4.78, 5) is 13.1. The Morgan fingerprint density at radius 3 is 2.60 bits per heavy atom. The van der Waals surface area contributed by atoms with Gasteiger partial charge in [-0.1, -0.05) is 26.8 Å². The van der Waals surface area contributed by atoms with Gasteiger partial charge in [0, 0.05) is 6.61 Å². The third-order valence-electron chi connectivity index (χ3n) is 5.07. The number of carbonyl (C=O) groups is 1. The number of carbonyl (C=O) groups excluding carboxylic acids is 1. The van der Waals surface area contributed by atoms with Gasteiger partial charge in [0.2, 0.25) is 0 Å². The van der Waals surface area contributed by atoms with E-state index < -0.39 is 20.5 Å². The first-order chi connectivity index (χ1) is 11.5. The molecule has 7 heteroatoms. The molecule has 1 aliphatic rings. The summed E-state index contributed by atoms with van der Waals surface area (Å²) in [5, 5.41) is 9.20. The summed E-state index contributed by atoms with van der Waals surface area (Å²) in [6.07, 6.45) is -0.636. The van der Waals surface area contributed by atoms with Crippen LogP contribution in [0.15, 0.2) is 18.2 Å². The van der Waals surface area contributed by atoms with Gasteiger partial charge in [-0.25, -0.2) is 9.18 Å². The predicted octanol–water partition coefficient (Wildman–Crippen LogP) is 3.71. The van der Waals surface area contributed by atoms with Gasteiger partial charge in [-0.05, 0) is 42.2 Å². The lowest BCUT2D eigenvalue weighted by Crippen LogP contribution is -2.41. The lowest BCUT2D eigenvalue weighted by atomic mass is 10.1. The molecule has 1 fully saturated rings. The van der Waals surface area contributed by atoms with E-state index in [-0.39, 0.29) is 24.0 Å². The van der Waals surface area contributed by atoms with E-state index in [9.17, 15) is 9.18 Å². The van der Waals surface area contributed by atoms with Crippen LogP contribution in [0.2, 0.25) is 18.1 Å². The zero-order valence-corrected chi connectivity index (χ0v) is 16.6. The molecule has 0 radical (unpaired) electrons. The summed E-state index contributed by atoms with van der Waals surface area (Å²) in [5.41, 5.74) is 1.00. The van der Waals surface area contributed by atoms with E-state index in [0.717, 1.165) is 0 Å². The third kappa shape index (κ3) is 4.59. The fourth-order valence-corrected chi connectivity index (χ4v) is 3.41. The highest BCUT2D eigenvalue weighted by Gasteiger charge is 2.37. The van der Waals surface area contributed by atoms with Crippen molar-refractivity contribution in [2.24, 2.45) is 0 Å². The van der Waals surface area contributed by atoms with Crippen LogP contribution in [0.4, 0.5) is 14.9 Å². The van der Waals surface area contributed by atoms with E-state index in [1.54, 1.807) is 12.1 Å². The van der Waals surface area contributed by atoms with Gasteiger partial charge >= 0.3 is 6.09 Å². The lowest BCUT2D eigenvalue weighted by Gasteiger charge is -2.36. The predicted molar refractivity (Wildman–Crippen MR) is 98.0 cm³/mol. The molecule has 0 saturated carbocycles. The molecule has 25 heavy (non-hydrogen) atoms. The fraction of sp³-hybridized carbons (Fsp3) is 0.611. The van der Waals surface area contributed by atoms with Gasteiger partial charge in [0.15, 0.2) is 8.32 Å². The Bertz CT molecular complexity index is 630. The van der Waals surface area contributed by atoms with E-state index in [1.165, 1.54) is 11.0 Å². The summed E-state index contributed by atoms with van der Waals surface area (Å²) >= 11 is 0. The highest BCUT2D eigenvalue weighted by atomic mass is 28.4. The van der Waals surface area contributed by atoms with Gasteiger partial charge < -0.3 is 14.3 Å². The number of cyclic esters (lactones) is 1. The standard InChI is InChI=1S/C18H28FNO4Si/c1-18(2,3)25(4,5)23-9-8-13-6-7-14(10-16(13)19)20-11-15(12-21)24-17(20)22/h6-7,10,15,21H,8-9,11-12H2,1-5H3/t15-/m1/s1. The number of nitrogens with zero attached hydrogens (tertiary/aromatic N) is 1. The SMILES string of the molecule is CC(C)(C)[Si](C)(C)OCCc1ccc(N2C[C@H](CO)OC2=O)cc1F. The normalized spacial score (nSPS) is 18.6. The number of aliphatic hydroxyl groups excluding tert-OH is 1. The summed E-state index contributed by atoms with van der Waals surface area (Å²) in [7, 11) is -1.84. The maximum absolute atomic E-state index is 14.4. The van der Waals surface area contributed by atoms with Crippen molar-refractivity contribution in [2.75, 3.05) is 24.7 Å². The second kappa shape index (κ2) is 7.43. The molecule has 1 heterocycles. The molecule has 1 aromatic carbocycles. The van der Waals surface area contributed by atoms with Crippen LogP contribution >= 0.6 is 0 Å². The van der Waals surface area contributed by atoms with Crippen molar-refractivity contribution in [3.63, 3.8) is 0 Å². The quantitative estimate of drug-likeness (QED) is 0.777. The van der Waals surface area contributed by atoms with Crippen molar-refractivity contribution in [2.45, 2.75) is 51.4 Å². The molecule has 1 aliphatic heterocycles. The number of halogens is 1. The molecule has 1 N–H and O–H groups in total. The van der Waals surface area contributed by atoms with Gasteiger partial charge in [0.25, 0.3) is 0 Å². The Labute approximate surface area is 149 Å². The van der Waals surface area contributed by atoms with Crippen molar-refractivity contribution in [1.82, 2.24) is 0 Å². The molecule has 0 unspecified atom stereocenters. The maximum atomic E-state index is 14.4. The van der Waals surface area contributed by atoms with Crippen LogP contribution in [0, 0.1) is 5.82 Å². The fourth-order valence-electron chi connectivity index (χ4n) is 2.37. The molecule has 140 valence electrons. The van der Waals surface area contributed by atoms with Crippen molar-refractivity contribution in [3.05, 3.63) is 29.6 Å². The summed E-state index contributed by atoms with van der Waals surface area (Å²) in [6, 6.07) is 4.72. The Hall–Kier alpha value is -1.44. The molecular formula is C18H28FNO4Si. The first-order valence-electron chi connectivity index (χ1n) is 8.56. The molecular weight excluding hydrogens is 341 g/mol. The number of rotatable bonds is 6. The molecule has 0 bridgehead atoms. The highest BCUT2D eigenvalue weighted by molar-refractivity contribution is 6.74. The third-order valence-corrected chi connectivity index (χ3v) is 9.60. The number of anilines is 1. The minimum Gasteiger partial charge on any atom is -0.441 e. The molecule has 0 aromatic heterocycles. The van der Waals surface area contributed by atoms with Crippen LogP contribution in [0.1, 0.15) is 26.3 Å². The van der Waals surface area contributed by atoms with Crippen LogP contribution in [0.25, 0.3) is 0 Å². The largest absolute Gasteiger partial charge is 0.441 e. The van der Waals surface area contributed by atoms with E-state index in [1.807, 2.05) is 0 Å². The highest BCUT2D eigenvalue weighted by Crippen LogP contribution is 2.36. The van der Waals surface area contributed by atoms with E-state index in [4.69, 9.17) is 14.3 Å². The number of aliphatic hydroxyl groups is 1. The van der Waals surface area contributed by atoms with E-state index in [0.29, 0.717) is 24.3 Å². The smallest absolute Gasteiger partial charge is 0.414 e. The second-order valence-corrected chi connectivity index (χ2v) is 12.7. The van der Waals surface area contributed by atoms with Gasteiger partial charge in [-0.2, -0.15) is 0 Å². The van der Waals surface area contributed by atoms with Crippen LogP contribution in [-0.4, -0.2) is 45.4 Å². The summed E-state index contributed by atoms with van der Waals surface area (Å²) in [5.74, 6) is -0.364. The zero-order chi connectivity index (χ0) is 18.8. The number of amides is 1. The van der Waals surface area contributed by atoms with Gasteiger partial charge in [-0.15, -0.1) is 0 Å². The summed E-state index contributed by atoms with van der Waals surface area (Å²) in [6.45, 7) is 11.3. The maximum Gasteiger partial charge on any atom is 0.414 e. The van der Waals surface area contributed by atoms with Crippen LogP contribution < -0.4 is 4.90 Å². The van der Waals surface area contributed by atoms with Crippen molar-refractivity contribution < 1.29 is 23.5 Å². The average Bonchev–Trinajstić information content (AvgIpc) is 2.88. The molecule has 0 spiro atoms. The van der Waals surface area contributed by atoms with Crippen molar-refractivity contribution in [1.29, 1.82) is 0 Å². The topological polar surface area (TPSA) is 59.0 Å². The Balaban J connectivity index is 2.00. The molecule has 1 saturated heterocycles. The average molecular weight is 370 g/mol. The first-order valence-corrected chi connectivity index (χ1v) is 11.5. The number of hydrogen-bond donors (Lipinski definition) is 1. The van der Waals surface area contributed by atoms with Gasteiger partial charge in [0.1, 0.15) is 11.9 Å².